The Hall–Kier alpha value is -0.410. The summed E-state index contributed by atoms with van der Waals surface area (Å²) in [6.07, 6.45) is 11.1. The molecule has 0 aromatic carbocycles. The van der Waals surface area contributed by atoms with Gasteiger partial charge in [-0.3, -0.25) is 0 Å². The number of nitrogens with one attached hydrogen (secondary N) is 1. The zero-order chi connectivity index (χ0) is 12.2. The van der Waals surface area contributed by atoms with Crippen molar-refractivity contribution in [2.75, 3.05) is 19.3 Å². The van der Waals surface area contributed by atoms with Gasteiger partial charge >= 0.3 is 0 Å². The normalized spacial score (nSPS) is 13.0. The third kappa shape index (κ3) is 8.86. The van der Waals surface area contributed by atoms with Gasteiger partial charge < -0.3 is 11.1 Å². The van der Waals surface area contributed by atoms with Gasteiger partial charge in [0, 0.05) is 12.2 Å². The summed E-state index contributed by atoms with van der Waals surface area (Å²) in [4.78, 5) is 1.34. The molecule has 0 saturated heterocycles. The number of thioether (sulfide) groups is 1. The molecule has 0 saturated carbocycles. The molecule has 0 aliphatic carbocycles. The van der Waals surface area contributed by atoms with E-state index in [9.17, 15) is 0 Å². The molecule has 0 radical (unpaired) electrons. The maximum Gasteiger partial charge on any atom is 0.0143 e. The average Bonchev–Trinajstić information content (AvgIpc) is 2.32. The Kier molecular flexibility index (Phi) is 10.8. The number of hydrogen-bond donors (Lipinski definition) is 2. The third-order valence-corrected chi connectivity index (χ3v) is 3.24. The van der Waals surface area contributed by atoms with Gasteiger partial charge in [0.05, 0.1) is 0 Å². The summed E-state index contributed by atoms with van der Waals surface area (Å²) in [6.45, 7) is 6.19. The SMILES string of the molecule is CC/C(=C\C=C(/C)SC)NCCCCCN. The quantitative estimate of drug-likeness (QED) is 0.481. The molecule has 3 N–H and O–H groups in total. The molecule has 3 heteroatoms. The van der Waals surface area contributed by atoms with Crippen LogP contribution in [0, 0.1) is 0 Å². The summed E-state index contributed by atoms with van der Waals surface area (Å²) >= 11 is 1.79. The van der Waals surface area contributed by atoms with Crippen molar-refractivity contribution in [3.8, 4) is 0 Å². The predicted molar refractivity (Wildman–Crippen MR) is 76.6 cm³/mol. The molecular weight excluding hydrogens is 216 g/mol. The fraction of sp³-hybridized carbons (Fsp3) is 0.692. The Balaban J connectivity index is 3.82. The highest BCUT2D eigenvalue weighted by Crippen LogP contribution is 2.10. The summed E-state index contributed by atoms with van der Waals surface area (Å²) in [7, 11) is 0. The Morgan fingerprint density at radius 1 is 1.25 bits per heavy atom. The van der Waals surface area contributed by atoms with Crippen molar-refractivity contribution in [2.45, 2.75) is 39.5 Å². The minimum absolute atomic E-state index is 0.812. The van der Waals surface area contributed by atoms with Crippen LogP contribution in [0.15, 0.2) is 22.8 Å². The topological polar surface area (TPSA) is 38.0 Å². The van der Waals surface area contributed by atoms with Gasteiger partial charge in [-0.05, 0) is 50.0 Å². The summed E-state index contributed by atoms with van der Waals surface area (Å²) in [6, 6.07) is 0. The number of hydrogen-bond acceptors (Lipinski definition) is 3. The van der Waals surface area contributed by atoms with Crippen LogP contribution in [0.4, 0.5) is 0 Å². The maximum absolute atomic E-state index is 5.45. The Morgan fingerprint density at radius 3 is 2.56 bits per heavy atom. The summed E-state index contributed by atoms with van der Waals surface area (Å²) in [5.41, 5.74) is 6.77. The average molecular weight is 242 g/mol. The van der Waals surface area contributed by atoms with Crippen molar-refractivity contribution < 1.29 is 0 Å². The predicted octanol–water partition coefficient (Wildman–Crippen LogP) is 3.27. The first-order chi connectivity index (χ1) is 7.74. The molecule has 2 nitrogen and oxygen atoms in total. The number of rotatable bonds is 9. The molecule has 16 heavy (non-hydrogen) atoms. The van der Waals surface area contributed by atoms with E-state index in [0.717, 1.165) is 25.9 Å². The van der Waals surface area contributed by atoms with Gasteiger partial charge in [0.1, 0.15) is 0 Å². The van der Waals surface area contributed by atoms with E-state index in [1.807, 2.05) is 0 Å². The monoisotopic (exact) mass is 242 g/mol. The van der Waals surface area contributed by atoms with E-state index in [1.165, 1.54) is 23.4 Å². The standard InChI is InChI=1S/C13H26N2S/c1-4-13(9-8-12(2)16-3)15-11-7-5-6-10-14/h8-9,15H,4-7,10-11,14H2,1-3H3/b12-8+,13-9+. The van der Waals surface area contributed by atoms with Crippen molar-refractivity contribution in [3.05, 3.63) is 22.8 Å². The molecule has 0 aliphatic rings. The molecule has 0 amide bonds. The van der Waals surface area contributed by atoms with E-state index in [-0.39, 0.29) is 0 Å². The van der Waals surface area contributed by atoms with Gasteiger partial charge in [0.25, 0.3) is 0 Å². The van der Waals surface area contributed by atoms with Gasteiger partial charge in [-0.25, -0.2) is 0 Å². The summed E-state index contributed by atoms with van der Waals surface area (Å²) < 4.78 is 0. The lowest BCUT2D eigenvalue weighted by atomic mass is 10.2. The smallest absolute Gasteiger partial charge is 0.0143 e. The van der Waals surface area contributed by atoms with Crippen LogP contribution in [0.3, 0.4) is 0 Å². The zero-order valence-corrected chi connectivity index (χ0v) is 11.7. The molecule has 0 rings (SSSR count). The first-order valence-corrected chi connectivity index (χ1v) is 7.32. The largest absolute Gasteiger partial charge is 0.388 e. The van der Waals surface area contributed by atoms with Crippen LogP contribution in [-0.2, 0) is 0 Å². The van der Waals surface area contributed by atoms with E-state index >= 15 is 0 Å². The molecule has 0 spiro atoms. The van der Waals surface area contributed by atoms with Gasteiger partial charge in [0.2, 0.25) is 0 Å². The zero-order valence-electron chi connectivity index (χ0n) is 10.9. The Labute approximate surface area is 105 Å². The second-order valence-corrected chi connectivity index (χ2v) is 4.86. The molecule has 0 aromatic rings. The minimum Gasteiger partial charge on any atom is -0.388 e. The maximum atomic E-state index is 5.45. The fourth-order valence-corrected chi connectivity index (χ4v) is 1.49. The van der Waals surface area contributed by atoms with Crippen molar-refractivity contribution in [2.24, 2.45) is 5.73 Å². The van der Waals surface area contributed by atoms with Crippen LogP contribution in [0.1, 0.15) is 39.5 Å². The Morgan fingerprint density at radius 2 is 2.00 bits per heavy atom. The molecule has 0 aromatic heterocycles. The molecule has 0 atom stereocenters. The summed E-state index contributed by atoms with van der Waals surface area (Å²) in [5.74, 6) is 0. The number of nitrogens with two attached hydrogens (primary N) is 1. The van der Waals surface area contributed by atoms with E-state index in [4.69, 9.17) is 5.73 Å². The highest BCUT2D eigenvalue weighted by Gasteiger charge is 1.92. The van der Waals surface area contributed by atoms with E-state index in [0.29, 0.717) is 0 Å². The molecule has 0 fully saturated rings. The highest BCUT2D eigenvalue weighted by atomic mass is 32.2. The van der Waals surface area contributed by atoms with Crippen LogP contribution >= 0.6 is 11.8 Å². The van der Waals surface area contributed by atoms with E-state index in [1.54, 1.807) is 11.8 Å². The van der Waals surface area contributed by atoms with Crippen molar-refractivity contribution >= 4 is 11.8 Å². The molecule has 0 unspecified atom stereocenters. The van der Waals surface area contributed by atoms with Crippen LogP contribution in [0.2, 0.25) is 0 Å². The first kappa shape index (κ1) is 15.6. The first-order valence-electron chi connectivity index (χ1n) is 6.10. The molecule has 0 aliphatic heterocycles. The lowest BCUT2D eigenvalue weighted by Gasteiger charge is -2.08. The molecule has 0 bridgehead atoms. The highest BCUT2D eigenvalue weighted by molar-refractivity contribution is 8.02. The van der Waals surface area contributed by atoms with Crippen LogP contribution < -0.4 is 11.1 Å². The van der Waals surface area contributed by atoms with Gasteiger partial charge in [-0.1, -0.05) is 19.4 Å². The van der Waals surface area contributed by atoms with Gasteiger partial charge in [-0.15, -0.1) is 11.8 Å². The number of unbranched alkanes of at least 4 members (excludes halogenated alkanes) is 2. The van der Waals surface area contributed by atoms with Crippen molar-refractivity contribution in [3.63, 3.8) is 0 Å². The van der Waals surface area contributed by atoms with Crippen LogP contribution in [0.25, 0.3) is 0 Å². The van der Waals surface area contributed by atoms with Gasteiger partial charge in [-0.2, -0.15) is 0 Å². The number of allylic oxidation sites excluding steroid dienone is 4. The Bertz CT molecular complexity index is 222. The van der Waals surface area contributed by atoms with Crippen LogP contribution in [0.5, 0.6) is 0 Å². The molecule has 0 heterocycles. The lowest BCUT2D eigenvalue weighted by Crippen LogP contribution is -2.14. The van der Waals surface area contributed by atoms with Crippen molar-refractivity contribution in [1.82, 2.24) is 5.32 Å². The molecule has 94 valence electrons. The summed E-state index contributed by atoms with van der Waals surface area (Å²) in [5, 5.41) is 3.47. The van der Waals surface area contributed by atoms with E-state index < -0.39 is 0 Å². The lowest BCUT2D eigenvalue weighted by molar-refractivity contribution is 0.641. The third-order valence-electron chi connectivity index (χ3n) is 2.46. The second kappa shape index (κ2) is 11.1. The van der Waals surface area contributed by atoms with Crippen molar-refractivity contribution in [1.29, 1.82) is 0 Å². The minimum atomic E-state index is 0.812. The molecular formula is C13H26N2S. The van der Waals surface area contributed by atoms with Gasteiger partial charge in [0.15, 0.2) is 0 Å². The van der Waals surface area contributed by atoms with Crippen LogP contribution in [-0.4, -0.2) is 19.3 Å². The van der Waals surface area contributed by atoms with E-state index in [2.05, 4.69) is 37.6 Å². The fourth-order valence-electron chi connectivity index (χ4n) is 1.28. The second-order valence-electron chi connectivity index (χ2n) is 3.80.